The largest absolute Gasteiger partial charge is 0.494 e. The van der Waals surface area contributed by atoms with Crippen LogP contribution in [0.1, 0.15) is 18.9 Å². The maximum Gasteiger partial charge on any atom is 0.226 e. The molecule has 0 heterocycles. The van der Waals surface area contributed by atoms with Crippen molar-refractivity contribution in [3.63, 3.8) is 0 Å². The lowest BCUT2D eigenvalue weighted by Gasteiger charge is -2.11. The average molecular weight is 252 g/mol. The summed E-state index contributed by atoms with van der Waals surface area (Å²) in [4.78, 5) is 11.5. The van der Waals surface area contributed by atoms with Gasteiger partial charge in [0.15, 0.2) is 0 Å². The number of methoxy groups -OCH3 is 1. The number of carbonyl (C=O) groups is 1. The molecule has 18 heavy (non-hydrogen) atoms. The van der Waals surface area contributed by atoms with Gasteiger partial charge in [-0.15, -0.1) is 0 Å². The number of benzene rings is 1. The van der Waals surface area contributed by atoms with E-state index in [4.69, 9.17) is 15.2 Å². The van der Waals surface area contributed by atoms with Crippen LogP contribution in [0.25, 0.3) is 0 Å². The predicted molar refractivity (Wildman–Crippen MR) is 70.6 cm³/mol. The third kappa shape index (κ3) is 4.35. The Morgan fingerprint density at radius 1 is 1.44 bits per heavy atom. The molecule has 5 heteroatoms. The normalized spacial score (nSPS) is 10.2. The number of hydrogen-bond donors (Lipinski definition) is 2. The summed E-state index contributed by atoms with van der Waals surface area (Å²) in [5.41, 5.74) is 7.25. The summed E-state index contributed by atoms with van der Waals surface area (Å²) in [5, 5.41) is 2.79. The van der Waals surface area contributed by atoms with Gasteiger partial charge in [0.05, 0.1) is 19.6 Å². The zero-order valence-electron chi connectivity index (χ0n) is 10.9. The Hall–Kier alpha value is -1.59. The Balaban J connectivity index is 2.69. The molecule has 1 aromatic carbocycles. The molecule has 0 bridgehead atoms. The molecular formula is C13H20N2O3. The molecule has 0 aromatic heterocycles. The van der Waals surface area contributed by atoms with E-state index in [2.05, 4.69) is 5.32 Å². The molecule has 0 atom stereocenters. The van der Waals surface area contributed by atoms with Crippen molar-refractivity contribution in [3.05, 3.63) is 23.8 Å². The van der Waals surface area contributed by atoms with Crippen molar-refractivity contribution in [1.29, 1.82) is 0 Å². The van der Waals surface area contributed by atoms with Gasteiger partial charge >= 0.3 is 0 Å². The summed E-state index contributed by atoms with van der Waals surface area (Å²) < 4.78 is 10.3. The highest BCUT2D eigenvalue weighted by molar-refractivity contribution is 5.90. The van der Waals surface area contributed by atoms with Crippen molar-refractivity contribution >= 4 is 11.6 Å². The zero-order valence-corrected chi connectivity index (χ0v) is 10.9. The molecule has 0 saturated heterocycles. The highest BCUT2D eigenvalue weighted by Gasteiger charge is 2.06. The van der Waals surface area contributed by atoms with E-state index >= 15 is 0 Å². The Morgan fingerprint density at radius 3 is 2.83 bits per heavy atom. The van der Waals surface area contributed by atoms with Crippen molar-refractivity contribution < 1.29 is 14.3 Å². The second-order valence-electron chi connectivity index (χ2n) is 3.75. The maximum absolute atomic E-state index is 11.5. The fraction of sp³-hybridized carbons (Fsp3) is 0.462. The number of ether oxygens (including phenoxy) is 2. The number of rotatable bonds is 7. The van der Waals surface area contributed by atoms with Crippen LogP contribution in [0.5, 0.6) is 5.75 Å². The third-order valence-corrected chi connectivity index (χ3v) is 2.40. The van der Waals surface area contributed by atoms with Gasteiger partial charge in [-0.25, -0.2) is 0 Å². The van der Waals surface area contributed by atoms with Crippen LogP contribution >= 0.6 is 0 Å². The van der Waals surface area contributed by atoms with Crippen molar-refractivity contribution in [2.24, 2.45) is 5.73 Å². The van der Waals surface area contributed by atoms with Crippen LogP contribution in [0.4, 0.5) is 5.69 Å². The molecule has 0 aliphatic carbocycles. The lowest BCUT2D eigenvalue weighted by atomic mass is 10.1. The fourth-order valence-electron chi connectivity index (χ4n) is 1.53. The molecule has 0 unspecified atom stereocenters. The molecule has 1 amide bonds. The van der Waals surface area contributed by atoms with E-state index in [1.807, 2.05) is 19.1 Å². The third-order valence-electron chi connectivity index (χ3n) is 2.40. The predicted octanol–water partition coefficient (Wildman–Crippen LogP) is 1.52. The smallest absolute Gasteiger partial charge is 0.226 e. The first-order valence-corrected chi connectivity index (χ1v) is 5.95. The van der Waals surface area contributed by atoms with Gasteiger partial charge in [-0.2, -0.15) is 0 Å². The van der Waals surface area contributed by atoms with Crippen LogP contribution in [0, 0.1) is 0 Å². The highest BCUT2D eigenvalue weighted by atomic mass is 16.5. The van der Waals surface area contributed by atoms with Gasteiger partial charge in [0.25, 0.3) is 0 Å². The van der Waals surface area contributed by atoms with Gasteiger partial charge < -0.3 is 20.5 Å². The van der Waals surface area contributed by atoms with Crippen LogP contribution in [-0.4, -0.2) is 26.2 Å². The van der Waals surface area contributed by atoms with Crippen LogP contribution in [0.3, 0.4) is 0 Å². The lowest BCUT2D eigenvalue weighted by Crippen LogP contribution is -2.14. The highest BCUT2D eigenvalue weighted by Crippen LogP contribution is 2.22. The second-order valence-corrected chi connectivity index (χ2v) is 3.75. The molecule has 3 N–H and O–H groups in total. The quantitative estimate of drug-likeness (QED) is 0.771. The van der Waals surface area contributed by atoms with E-state index in [0.717, 1.165) is 17.0 Å². The molecule has 1 aromatic rings. The van der Waals surface area contributed by atoms with Crippen LogP contribution < -0.4 is 15.8 Å². The Labute approximate surface area is 107 Å². The van der Waals surface area contributed by atoms with Crippen molar-refractivity contribution in [2.75, 3.05) is 25.6 Å². The molecule has 1 rings (SSSR count). The molecule has 0 radical (unpaired) electrons. The fourth-order valence-corrected chi connectivity index (χ4v) is 1.53. The van der Waals surface area contributed by atoms with E-state index < -0.39 is 0 Å². The minimum absolute atomic E-state index is 0.0796. The van der Waals surface area contributed by atoms with Crippen molar-refractivity contribution in [1.82, 2.24) is 0 Å². The summed E-state index contributed by atoms with van der Waals surface area (Å²) in [6, 6.07) is 5.45. The van der Waals surface area contributed by atoms with Gasteiger partial charge in [0, 0.05) is 24.9 Å². The molecule has 5 nitrogen and oxygen atoms in total. The van der Waals surface area contributed by atoms with E-state index in [9.17, 15) is 4.79 Å². The summed E-state index contributed by atoms with van der Waals surface area (Å²) in [5.74, 6) is 0.680. The van der Waals surface area contributed by atoms with Crippen LogP contribution in [0.15, 0.2) is 18.2 Å². The summed E-state index contributed by atoms with van der Waals surface area (Å²) in [6.07, 6.45) is 0.335. The number of nitrogens with two attached hydrogens (primary N) is 1. The zero-order chi connectivity index (χ0) is 13.4. The maximum atomic E-state index is 11.5. The minimum Gasteiger partial charge on any atom is -0.494 e. The number of nitrogens with one attached hydrogen (secondary N) is 1. The standard InChI is InChI=1S/C13H20N2O3/c1-3-18-12-5-4-11(8-10(12)9-14)15-13(16)6-7-17-2/h4-5,8H,3,6-7,9,14H2,1-2H3,(H,15,16). The second kappa shape index (κ2) is 7.68. The van der Waals surface area contributed by atoms with Crippen molar-refractivity contribution in [3.8, 4) is 5.75 Å². The van der Waals surface area contributed by atoms with Crippen molar-refractivity contribution in [2.45, 2.75) is 19.9 Å². The van der Waals surface area contributed by atoms with Crippen LogP contribution in [0.2, 0.25) is 0 Å². The molecule has 100 valence electrons. The summed E-state index contributed by atoms with van der Waals surface area (Å²) in [7, 11) is 1.57. The summed E-state index contributed by atoms with van der Waals surface area (Å²) >= 11 is 0. The summed E-state index contributed by atoms with van der Waals surface area (Å²) in [6.45, 7) is 3.29. The Morgan fingerprint density at radius 2 is 2.22 bits per heavy atom. The number of hydrogen-bond acceptors (Lipinski definition) is 4. The Kier molecular flexibility index (Phi) is 6.18. The van der Waals surface area contributed by atoms with Gasteiger partial charge in [-0.1, -0.05) is 0 Å². The molecular weight excluding hydrogens is 232 g/mol. The number of anilines is 1. The van der Waals surface area contributed by atoms with E-state index in [-0.39, 0.29) is 5.91 Å². The van der Waals surface area contributed by atoms with E-state index in [0.29, 0.717) is 26.2 Å². The lowest BCUT2D eigenvalue weighted by molar-refractivity contribution is -0.117. The Bertz CT molecular complexity index is 394. The number of carbonyl (C=O) groups excluding carboxylic acids is 1. The molecule has 0 fully saturated rings. The van der Waals surface area contributed by atoms with E-state index in [1.54, 1.807) is 13.2 Å². The molecule has 0 spiro atoms. The minimum atomic E-state index is -0.0796. The van der Waals surface area contributed by atoms with E-state index in [1.165, 1.54) is 0 Å². The first-order valence-electron chi connectivity index (χ1n) is 5.95. The molecule has 0 aliphatic rings. The average Bonchev–Trinajstić information content (AvgIpc) is 2.38. The first-order chi connectivity index (χ1) is 8.71. The first kappa shape index (κ1) is 14.5. The number of amides is 1. The SMILES string of the molecule is CCOc1ccc(NC(=O)CCOC)cc1CN. The topological polar surface area (TPSA) is 73.6 Å². The van der Waals surface area contributed by atoms with Gasteiger partial charge in [0.1, 0.15) is 5.75 Å². The van der Waals surface area contributed by atoms with Crippen LogP contribution in [-0.2, 0) is 16.1 Å². The monoisotopic (exact) mass is 252 g/mol. The molecule has 0 saturated carbocycles. The molecule has 0 aliphatic heterocycles. The van der Waals surface area contributed by atoms with Gasteiger partial charge in [0.2, 0.25) is 5.91 Å². The van der Waals surface area contributed by atoms with Gasteiger partial charge in [-0.05, 0) is 25.1 Å². The van der Waals surface area contributed by atoms with Gasteiger partial charge in [-0.3, -0.25) is 4.79 Å².